The van der Waals surface area contributed by atoms with Gasteiger partial charge in [-0.1, -0.05) is 29.3 Å². The molecule has 1 fully saturated rings. The Balaban J connectivity index is 1.89. The summed E-state index contributed by atoms with van der Waals surface area (Å²) in [6, 6.07) is 6.76. The van der Waals surface area contributed by atoms with Gasteiger partial charge in [0.2, 0.25) is 5.91 Å². The molecule has 1 aromatic carbocycles. The molecule has 0 aliphatic carbocycles. The second-order valence-electron chi connectivity index (χ2n) is 5.76. The zero-order valence-corrected chi connectivity index (χ0v) is 12.1. The minimum Gasteiger partial charge on any atom is -0.352 e. The molecular formula is C16H24N2O. The van der Waals surface area contributed by atoms with Crippen LogP contribution in [0.2, 0.25) is 0 Å². The highest BCUT2D eigenvalue weighted by molar-refractivity contribution is 5.82. The molecule has 3 heteroatoms. The third-order valence-electron chi connectivity index (χ3n) is 3.59. The molecule has 2 N–H and O–H groups in total. The fourth-order valence-electron chi connectivity index (χ4n) is 2.84. The van der Waals surface area contributed by atoms with E-state index in [1.807, 2.05) is 0 Å². The van der Waals surface area contributed by atoms with Crippen molar-refractivity contribution in [2.75, 3.05) is 6.54 Å². The van der Waals surface area contributed by atoms with Crippen LogP contribution in [0.1, 0.15) is 36.5 Å². The number of hydrogen-bond donors (Lipinski definition) is 2. The second kappa shape index (κ2) is 6.20. The molecule has 0 saturated carbocycles. The number of carbonyl (C=O) groups excluding carboxylic acids is 1. The largest absolute Gasteiger partial charge is 0.352 e. The molecule has 1 aromatic rings. The van der Waals surface area contributed by atoms with E-state index in [0.717, 1.165) is 25.8 Å². The maximum atomic E-state index is 12.0. The minimum atomic E-state index is 0.0155. The lowest BCUT2D eigenvalue weighted by Gasteiger charge is -2.18. The van der Waals surface area contributed by atoms with E-state index < -0.39 is 0 Å². The Morgan fingerprint density at radius 1 is 1.37 bits per heavy atom. The summed E-state index contributed by atoms with van der Waals surface area (Å²) < 4.78 is 0. The van der Waals surface area contributed by atoms with Gasteiger partial charge in [-0.05, 0) is 52.1 Å². The number of nitrogens with one attached hydrogen (secondary N) is 2. The molecule has 0 unspecified atom stereocenters. The van der Waals surface area contributed by atoms with Crippen molar-refractivity contribution in [2.24, 2.45) is 0 Å². The van der Waals surface area contributed by atoms with Gasteiger partial charge in [0, 0.05) is 6.04 Å². The Morgan fingerprint density at radius 2 is 2.05 bits per heavy atom. The van der Waals surface area contributed by atoms with Crippen LogP contribution in [0.25, 0.3) is 0 Å². The van der Waals surface area contributed by atoms with Gasteiger partial charge in [-0.2, -0.15) is 0 Å². The van der Waals surface area contributed by atoms with Gasteiger partial charge >= 0.3 is 0 Å². The summed E-state index contributed by atoms with van der Waals surface area (Å²) in [5, 5.41) is 6.34. The van der Waals surface area contributed by atoms with E-state index in [-0.39, 0.29) is 18.0 Å². The van der Waals surface area contributed by atoms with Gasteiger partial charge in [0.25, 0.3) is 0 Å². The number of carbonyl (C=O) groups is 1. The van der Waals surface area contributed by atoms with Gasteiger partial charge < -0.3 is 10.6 Å². The van der Waals surface area contributed by atoms with Crippen molar-refractivity contribution in [2.45, 2.75) is 52.1 Å². The quantitative estimate of drug-likeness (QED) is 0.870. The smallest absolute Gasteiger partial charge is 0.237 e. The number of benzene rings is 1. The highest BCUT2D eigenvalue weighted by Crippen LogP contribution is 2.11. The van der Waals surface area contributed by atoms with Gasteiger partial charge in [-0.3, -0.25) is 4.79 Å². The van der Waals surface area contributed by atoms with Crippen molar-refractivity contribution < 1.29 is 4.79 Å². The van der Waals surface area contributed by atoms with Gasteiger partial charge in [0.05, 0.1) is 6.04 Å². The third-order valence-corrected chi connectivity index (χ3v) is 3.59. The van der Waals surface area contributed by atoms with Crippen LogP contribution in [0.15, 0.2) is 18.2 Å². The Kier molecular flexibility index (Phi) is 4.59. The van der Waals surface area contributed by atoms with E-state index in [4.69, 9.17) is 0 Å². The standard InChI is InChI=1S/C16H24N2O/c1-11-7-12(2)9-14(8-11)10-13(3)18-16(19)15-5-4-6-17-15/h7-9,13,15,17H,4-6,10H2,1-3H3,(H,18,19)/t13-,15+/m0/s1. The van der Waals surface area contributed by atoms with Gasteiger partial charge in [-0.25, -0.2) is 0 Å². The predicted octanol–water partition coefficient (Wildman–Crippen LogP) is 2.10. The van der Waals surface area contributed by atoms with Gasteiger partial charge in [0.15, 0.2) is 0 Å². The molecular weight excluding hydrogens is 236 g/mol. The highest BCUT2D eigenvalue weighted by atomic mass is 16.2. The molecule has 1 heterocycles. The molecule has 0 bridgehead atoms. The van der Waals surface area contributed by atoms with E-state index in [1.165, 1.54) is 16.7 Å². The van der Waals surface area contributed by atoms with Crippen LogP contribution in [-0.4, -0.2) is 24.5 Å². The van der Waals surface area contributed by atoms with E-state index in [2.05, 4.69) is 49.6 Å². The first kappa shape index (κ1) is 14.1. The molecule has 2 rings (SSSR count). The van der Waals surface area contributed by atoms with Crippen LogP contribution in [0.3, 0.4) is 0 Å². The maximum Gasteiger partial charge on any atom is 0.237 e. The average molecular weight is 260 g/mol. The van der Waals surface area contributed by atoms with Crippen LogP contribution >= 0.6 is 0 Å². The summed E-state index contributed by atoms with van der Waals surface area (Å²) in [7, 11) is 0. The molecule has 1 amide bonds. The minimum absolute atomic E-state index is 0.0155. The summed E-state index contributed by atoms with van der Waals surface area (Å²) in [6.07, 6.45) is 2.95. The van der Waals surface area contributed by atoms with Crippen molar-refractivity contribution >= 4 is 5.91 Å². The maximum absolute atomic E-state index is 12.0. The molecule has 3 nitrogen and oxygen atoms in total. The highest BCUT2D eigenvalue weighted by Gasteiger charge is 2.22. The summed E-state index contributed by atoms with van der Waals surface area (Å²) in [5.74, 6) is 0.148. The lowest BCUT2D eigenvalue weighted by atomic mass is 10.0. The van der Waals surface area contributed by atoms with Crippen molar-refractivity contribution in [1.29, 1.82) is 0 Å². The number of hydrogen-bond acceptors (Lipinski definition) is 2. The van der Waals surface area contributed by atoms with Crippen LogP contribution in [0, 0.1) is 13.8 Å². The molecule has 1 saturated heterocycles. The zero-order valence-electron chi connectivity index (χ0n) is 12.1. The fourth-order valence-corrected chi connectivity index (χ4v) is 2.84. The van der Waals surface area contributed by atoms with Crippen LogP contribution in [-0.2, 0) is 11.2 Å². The Bertz CT molecular complexity index is 430. The van der Waals surface area contributed by atoms with Crippen molar-refractivity contribution in [3.63, 3.8) is 0 Å². The molecule has 1 aliphatic rings. The second-order valence-corrected chi connectivity index (χ2v) is 5.76. The predicted molar refractivity (Wildman–Crippen MR) is 78.2 cm³/mol. The first-order valence-corrected chi connectivity index (χ1v) is 7.15. The van der Waals surface area contributed by atoms with Crippen LogP contribution < -0.4 is 10.6 Å². The van der Waals surface area contributed by atoms with Crippen molar-refractivity contribution in [1.82, 2.24) is 10.6 Å². The molecule has 2 atom stereocenters. The number of aryl methyl sites for hydroxylation is 2. The number of amides is 1. The fraction of sp³-hybridized carbons (Fsp3) is 0.562. The summed E-state index contributed by atoms with van der Waals surface area (Å²) in [5.41, 5.74) is 3.86. The van der Waals surface area contributed by atoms with E-state index >= 15 is 0 Å². The summed E-state index contributed by atoms with van der Waals surface area (Å²) >= 11 is 0. The molecule has 0 aromatic heterocycles. The molecule has 19 heavy (non-hydrogen) atoms. The Labute approximate surface area is 115 Å². The molecule has 0 spiro atoms. The van der Waals surface area contributed by atoms with Gasteiger partial charge in [0.1, 0.15) is 0 Å². The topological polar surface area (TPSA) is 41.1 Å². The average Bonchev–Trinajstić information content (AvgIpc) is 2.80. The zero-order chi connectivity index (χ0) is 13.8. The lowest BCUT2D eigenvalue weighted by Crippen LogP contribution is -2.44. The van der Waals surface area contributed by atoms with E-state index in [9.17, 15) is 4.79 Å². The van der Waals surface area contributed by atoms with Crippen molar-refractivity contribution in [3.8, 4) is 0 Å². The Morgan fingerprint density at radius 3 is 2.63 bits per heavy atom. The number of rotatable bonds is 4. The summed E-state index contributed by atoms with van der Waals surface area (Å²) in [4.78, 5) is 12.0. The SMILES string of the molecule is Cc1cc(C)cc(C[C@H](C)NC(=O)[C@H]2CCCN2)c1. The van der Waals surface area contributed by atoms with Crippen LogP contribution in [0.4, 0.5) is 0 Å². The molecule has 1 aliphatic heterocycles. The lowest BCUT2D eigenvalue weighted by molar-refractivity contribution is -0.123. The third kappa shape index (κ3) is 4.06. The molecule has 0 radical (unpaired) electrons. The van der Waals surface area contributed by atoms with Crippen LogP contribution in [0.5, 0.6) is 0 Å². The van der Waals surface area contributed by atoms with Gasteiger partial charge in [-0.15, -0.1) is 0 Å². The van der Waals surface area contributed by atoms with E-state index in [1.54, 1.807) is 0 Å². The monoisotopic (exact) mass is 260 g/mol. The molecule has 104 valence electrons. The summed E-state index contributed by atoms with van der Waals surface area (Å²) in [6.45, 7) is 7.26. The first-order chi connectivity index (χ1) is 9.04. The van der Waals surface area contributed by atoms with E-state index in [0.29, 0.717) is 0 Å². The van der Waals surface area contributed by atoms with Crippen molar-refractivity contribution in [3.05, 3.63) is 34.9 Å². The normalized spacial score (nSPS) is 20.3. The first-order valence-electron chi connectivity index (χ1n) is 7.15. The Hall–Kier alpha value is -1.35.